The Morgan fingerprint density at radius 3 is 2.52 bits per heavy atom. The summed E-state index contributed by atoms with van der Waals surface area (Å²) in [6, 6.07) is 9.34. The SMILES string of the molecule is [C-]#[N+]c1ccc(COc2ccc[c-]n2)c(F)c1.[CH2-]CNC[CH2-].[W]. The van der Waals surface area contributed by atoms with Crippen LogP contribution in [0.15, 0.2) is 36.4 Å². The predicted molar refractivity (Wildman–Crippen MR) is 83.7 cm³/mol. The molecule has 0 aliphatic heterocycles. The Hall–Kier alpha value is -1.76. The summed E-state index contributed by atoms with van der Waals surface area (Å²) in [4.78, 5) is 6.98. The van der Waals surface area contributed by atoms with E-state index >= 15 is 0 Å². The minimum absolute atomic E-state index is 0. The molecule has 1 aromatic heterocycles. The average molecular weight is 482 g/mol. The quantitative estimate of drug-likeness (QED) is 0.665. The Labute approximate surface area is 151 Å². The normalized spacial score (nSPS) is 8.96. The number of nitrogens with one attached hydrogen (secondary N) is 1. The van der Waals surface area contributed by atoms with Crippen molar-refractivity contribution in [2.45, 2.75) is 6.61 Å². The van der Waals surface area contributed by atoms with Gasteiger partial charge in [0.2, 0.25) is 0 Å². The Morgan fingerprint density at radius 2 is 2.04 bits per heavy atom. The third-order valence-electron chi connectivity index (χ3n) is 2.48. The van der Waals surface area contributed by atoms with E-state index in [9.17, 15) is 4.39 Å². The molecule has 0 fully saturated rings. The van der Waals surface area contributed by atoms with E-state index < -0.39 is 5.82 Å². The molecule has 0 unspecified atom stereocenters. The summed E-state index contributed by atoms with van der Waals surface area (Å²) in [6.45, 7) is 15.4. The van der Waals surface area contributed by atoms with Crippen molar-refractivity contribution in [1.29, 1.82) is 0 Å². The van der Waals surface area contributed by atoms with Crippen LogP contribution in [-0.2, 0) is 27.7 Å². The van der Waals surface area contributed by atoms with Gasteiger partial charge in [0.15, 0.2) is 5.69 Å². The van der Waals surface area contributed by atoms with Crippen LogP contribution < -0.4 is 10.1 Å². The standard InChI is InChI=1S/C13H8FN2O.C4H9N.W/c1-15-11-6-5-10(12(14)8-11)9-17-13-4-2-3-7-16-13;1-3-5-4-2;/h2-6,8H,9H2;5H,1-4H2;/q-1;-2;. The zero-order chi connectivity index (χ0) is 16.2. The molecule has 0 amide bonds. The zero-order valence-electron chi connectivity index (χ0n) is 12.6. The number of halogens is 1. The van der Waals surface area contributed by atoms with Gasteiger partial charge in [0.25, 0.3) is 0 Å². The first-order chi connectivity index (χ1) is 10.7. The molecular formula is C17H17FN3OW-3. The van der Waals surface area contributed by atoms with Gasteiger partial charge in [-0.2, -0.15) is 12.1 Å². The number of pyridine rings is 1. The van der Waals surface area contributed by atoms with Gasteiger partial charge in [0.05, 0.1) is 12.5 Å². The van der Waals surface area contributed by atoms with Gasteiger partial charge in [-0.25, -0.2) is 9.24 Å². The summed E-state index contributed by atoms with van der Waals surface area (Å²) in [5.41, 5.74) is 0.667. The molecule has 0 spiro atoms. The van der Waals surface area contributed by atoms with Crippen molar-refractivity contribution in [3.63, 3.8) is 0 Å². The molecule has 0 atom stereocenters. The molecule has 1 N–H and O–H groups in total. The van der Waals surface area contributed by atoms with E-state index in [1.54, 1.807) is 24.3 Å². The van der Waals surface area contributed by atoms with Crippen LogP contribution in [0.5, 0.6) is 5.88 Å². The molecule has 0 radical (unpaired) electrons. The van der Waals surface area contributed by atoms with E-state index in [4.69, 9.17) is 11.3 Å². The topological polar surface area (TPSA) is 38.5 Å². The molecule has 2 aromatic rings. The van der Waals surface area contributed by atoms with Gasteiger partial charge >= 0.3 is 0 Å². The predicted octanol–water partition coefficient (Wildman–Crippen LogP) is 3.39. The smallest absolute Gasteiger partial charge is 0.190 e. The van der Waals surface area contributed by atoms with Gasteiger partial charge in [0, 0.05) is 26.6 Å². The van der Waals surface area contributed by atoms with E-state index in [0.29, 0.717) is 11.4 Å². The Balaban J connectivity index is 0.000000709. The number of benzene rings is 1. The Bertz CT molecular complexity index is 601. The van der Waals surface area contributed by atoms with Gasteiger partial charge in [-0.05, 0) is 6.07 Å². The molecule has 0 aliphatic carbocycles. The van der Waals surface area contributed by atoms with Gasteiger partial charge in [-0.15, -0.1) is 19.2 Å². The molecule has 1 heterocycles. The summed E-state index contributed by atoms with van der Waals surface area (Å²) < 4.78 is 18.8. The largest absolute Gasteiger partial charge is 0.530 e. The number of hydrogen-bond donors (Lipinski definition) is 1. The van der Waals surface area contributed by atoms with E-state index in [0.717, 1.165) is 13.1 Å². The summed E-state index contributed by atoms with van der Waals surface area (Å²) in [5.74, 6) is -0.0560. The number of rotatable bonds is 5. The second-order valence-electron chi connectivity index (χ2n) is 4.03. The Kier molecular flexibility index (Phi) is 11.8. The van der Waals surface area contributed by atoms with Crippen LogP contribution in [0, 0.1) is 32.4 Å². The fraction of sp³-hybridized carbons (Fsp3) is 0.176. The molecule has 2 rings (SSSR count). The maximum absolute atomic E-state index is 13.5. The van der Waals surface area contributed by atoms with Crippen molar-refractivity contribution in [2.24, 2.45) is 0 Å². The maximum atomic E-state index is 13.5. The molecule has 4 nitrogen and oxygen atoms in total. The summed E-state index contributed by atoms with van der Waals surface area (Å²) in [5, 5.41) is 2.89. The first kappa shape index (κ1) is 21.2. The van der Waals surface area contributed by atoms with Crippen LogP contribution in [0.25, 0.3) is 4.85 Å². The molecule has 0 saturated carbocycles. The molecule has 122 valence electrons. The van der Waals surface area contributed by atoms with Crippen molar-refractivity contribution in [1.82, 2.24) is 10.3 Å². The van der Waals surface area contributed by atoms with Crippen molar-refractivity contribution >= 4 is 5.69 Å². The molecule has 0 saturated heterocycles. The van der Waals surface area contributed by atoms with Crippen LogP contribution >= 0.6 is 0 Å². The molecule has 0 bridgehead atoms. The van der Waals surface area contributed by atoms with Crippen molar-refractivity contribution < 1.29 is 30.2 Å². The van der Waals surface area contributed by atoms with Gasteiger partial charge in [-0.3, -0.25) is 0 Å². The maximum Gasteiger partial charge on any atom is 0.190 e. The molecule has 1 aromatic carbocycles. The monoisotopic (exact) mass is 482 g/mol. The van der Waals surface area contributed by atoms with E-state index in [1.165, 1.54) is 12.1 Å². The minimum atomic E-state index is -0.446. The van der Waals surface area contributed by atoms with Crippen molar-refractivity contribution in [3.8, 4) is 5.88 Å². The molecule has 23 heavy (non-hydrogen) atoms. The number of nitrogens with zero attached hydrogens (tertiary/aromatic N) is 2. The number of aromatic nitrogens is 1. The number of ether oxygens (including phenoxy) is 1. The van der Waals surface area contributed by atoms with Gasteiger partial charge in [-0.1, -0.05) is 18.3 Å². The minimum Gasteiger partial charge on any atom is -0.530 e. The van der Waals surface area contributed by atoms with Crippen molar-refractivity contribution in [2.75, 3.05) is 13.1 Å². The Morgan fingerprint density at radius 1 is 1.30 bits per heavy atom. The van der Waals surface area contributed by atoms with Crippen LogP contribution in [0.4, 0.5) is 10.1 Å². The van der Waals surface area contributed by atoms with E-state index in [-0.39, 0.29) is 33.4 Å². The van der Waals surface area contributed by atoms with Gasteiger partial charge in [0.1, 0.15) is 12.4 Å². The van der Waals surface area contributed by atoms with E-state index in [2.05, 4.69) is 35.2 Å². The molecule has 6 heteroatoms. The van der Waals surface area contributed by atoms with Crippen LogP contribution in [0.2, 0.25) is 0 Å². The van der Waals surface area contributed by atoms with Crippen LogP contribution in [0.1, 0.15) is 5.56 Å². The fourth-order valence-electron chi connectivity index (χ4n) is 1.39. The molecular weight excluding hydrogens is 465 g/mol. The van der Waals surface area contributed by atoms with Crippen molar-refractivity contribution in [3.05, 3.63) is 79.2 Å². The van der Waals surface area contributed by atoms with E-state index in [1.807, 2.05) is 0 Å². The first-order valence-corrected chi connectivity index (χ1v) is 6.62. The summed E-state index contributed by atoms with van der Waals surface area (Å²) >= 11 is 0. The fourth-order valence-corrected chi connectivity index (χ4v) is 1.39. The molecule has 0 aliphatic rings. The van der Waals surface area contributed by atoms with Gasteiger partial charge < -0.3 is 28.9 Å². The summed E-state index contributed by atoms with van der Waals surface area (Å²) in [6.07, 6.45) is 2.62. The first-order valence-electron chi connectivity index (χ1n) is 6.62. The number of hydrogen-bond acceptors (Lipinski definition) is 3. The summed E-state index contributed by atoms with van der Waals surface area (Å²) in [7, 11) is 0. The second kappa shape index (κ2) is 12.7. The third-order valence-corrected chi connectivity index (χ3v) is 2.48. The average Bonchev–Trinajstić information content (AvgIpc) is 2.56. The van der Waals surface area contributed by atoms with Crippen LogP contribution in [0.3, 0.4) is 0 Å². The zero-order valence-corrected chi connectivity index (χ0v) is 15.5. The second-order valence-corrected chi connectivity index (χ2v) is 4.03. The van der Waals surface area contributed by atoms with Crippen LogP contribution in [-0.4, -0.2) is 18.1 Å². The third kappa shape index (κ3) is 8.44.